The van der Waals surface area contributed by atoms with Gasteiger partial charge in [0, 0.05) is 35.9 Å². The van der Waals surface area contributed by atoms with Crippen molar-refractivity contribution in [1.82, 2.24) is 19.7 Å². The average molecular weight is 481 g/mol. The van der Waals surface area contributed by atoms with Gasteiger partial charge in [-0.05, 0) is 63.0 Å². The Kier molecular flexibility index (Phi) is 6.83. The summed E-state index contributed by atoms with van der Waals surface area (Å²) in [6.07, 6.45) is 8.39. The predicted molar refractivity (Wildman–Crippen MR) is 135 cm³/mol. The Morgan fingerprint density at radius 1 is 1.09 bits per heavy atom. The molecule has 3 aromatic rings. The van der Waals surface area contributed by atoms with E-state index in [1.165, 1.54) is 12.8 Å². The molecule has 0 spiro atoms. The molecule has 1 aromatic carbocycles. The Morgan fingerprint density at radius 3 is 2.66 bits per heavy atom. The third-order valence-corrected chi connectivity index (χ3v) is 7.04. The van der Waals surface area contributed by atoms with Crippen molar-refractivity contribution >= 4 is 34.1 Å². The molecule has 0 radical (unpaired) electrons. The van der Waals surface area contributed by atoms with E-state index in [4.69, 9.17) is 11.5 Å². The molecule has 2 atom stereocenters. The maximum absolute atomic E-state index is 14.8. The largest absolute Gasteiger partial charge is 0.365 e. The molecule has 2 aliphatic rings. The van der Waals surface area contributed by atoms with Crippen molar-refractivity contribution in [3.8, 4) is 0 Å². The van der Waals surface area contributed by atoms with Crippen molar-refractivity contribution < 1.29 is 9.18 Å². The van der Waals surface area contributed by atoms with E-state index in [0.29, 0.717) is 5.69 Å². The van der Waals surface area contributed by atoms with Crippen LogP contribution in [0.2, 0.25) is 0 Å². The van der Waals surface area contributed by atoms with Crippen LogP contribution in [-0.4, -0.2) is 57.3 Å². The fraction of sp³-hybridized carbons (Fsp3) is 0.480. The number of anilines is 3. The molecule has 186 valence electrons. The number of rotatable bonds is 8. The molecule has 2 unspecified atom stereocenters. The fourth-order valence-corrected chi connectivity index (χ4v) is 5.04. The van der Waals surface area contributed by atoms with E-state index in [1.807, 2.05) is 29.1 Å². The third-order valence-electron chi connectivity index (χ3n) is 7.04. The van der Waals surface area contributed by atoms with Crippen LogP contribution < -0.4 is 22.1 Å². The van der Waals surface area contributed by atoms with Crippen molar-refractivity contribution in [2.45, 2.75) is 57.2 Å². The van der Waals surface area contributed by atoms with E-state index in [0.717, 1.165) is 68.8 Å². The van der Waals surface area contributed by atoms with Gasteiger partial charge in [-0.2, -0.15) is 5.10 Å². The van der Waals surface area contributed by atoms with E-state index in [1.54, 1.807) is 0 Å². The normalized spacial score (nSPS) is 20.9. The van der Waals surface area contributed by atoms with Gasteiger partial charge in [0.1, 0.15) is 5.82 Å². The Balaban J connectivity index is 1.36. The Morgan fingerprint density at radius 2 is 1.89 bits per heavy atom. The Labute approximate surface area is 204 Å². The zero-order valence-corrected chi connectivity index (χ0v) is 19.8. The second-order valence-corrected chi connectivity index (χ2v) is 9.62. The van der Waals surface area contributed by atoms with E-state index >= 15 is 0 Å². The summed E-state index contributed by atoms with van der Waals surface area (Å²) in [5.74, 6) is -1.12. The van der Waals surface area contributed by atoms with E-state index in [-0.39, 0.29) is 29.3 Å². The van der Waals surface area contributed by atoms with Gasteiger partial charge in [0.05, 0.1) is 17.6 Å². The summed E-state index contributed by atoms with van der Waals surface area (Å²) in [6.45, 7) is 4.14. The number of benzene rings is 1. The van der Waals surface area contributed by atoms with Crippen molar-refractivity contribution in [1.29, 1.82) is 0 Å². The highest BCUT2D eigenvalue weighted by Crippen LogP contribution is 2.28. The number of aromatic nitrogens is 3. The molecule has 2 aromatic heterocycles. The van der Waals surface area contributed by atoms with Gasteiger partial charge in [0.2, 0.25) is 0 Å². The number of hydrogen-bond donors (Lipinski definition) is 4. The zero-order valence-electron chi connectivity index (χ0n) is 19.8. The van der Waals surface area contributed by atoms with Gasteiger partial charge in [-0.15, -0.1) is 0 Å². The summed E-state index contributed by atoms with van der Waals surface area (Å²) in [6, 6.07) is 6.71. The predicted octanol–water partition coefficient (Wildman–Crippen LogP) is 3.19. The standard InChI is InChI=1S/C25H33FN8O/c26-19-14-18(23(28)35)24(31-25(19)30-22-6-2-1-5-20(22)27)29-17-7-8-21-16(13-17)15-34(32-21)12-11-33-9-3-4-10-33/h7-8,13-15,20,22H,1-6,9-12,27H2,(H2,28,35)(H2,29,30,31). The first kappa shape index (κ1) is 23.5. The highest BCUT2D eigenvalue weighted by Gasteiger charge is 2.24. The van der Waals surface area contributed by atoms with Crippen LogP contribution in [0.3, 0.4) is 0 Å². The lowest BCUT2D eigenvalue weighted by atomic mass is 9.91. The zero-order chi connectivity index (χ0) is 24.4. The summed E-state index contributed by atoms with van der Waals surface area (Å²) in [5, 5.41) is 11.9. The number of amides is 1. The van der Waals surface area contributed by atoms with E-state index in [9.17, 15) is 9.18 Å². The molecule has 5 rings (SSSR count). The molecule has 6 N–H and O–H groups in total. The molecular formula is C25H33FN8O. The number of pyridine rings is 1. The molecule has 35 heavy (non-hydrogen) atoms. The summed E-state index contributed by atoms with van der Waals surface area (Å²) in [5.41, 5.74) is 13.3. The van der Waals surface area contributed by atoms with Gasteiger partial charge in [-0.1, -0.05) is 12.8 Å². The highest BCUT2D eigenvalue weighted by atomic mass is 19.1. The van der Waals surface area contributed by atoms with Crippen LogP contribution in [0.4, 0.5) is 21.7 Å². The molecule has 1 aliphatic heterocycles. The number of nitrogens with one attached hydrogen (secondary N) is 2. The van der Waals surface area contributed by atoms with E-state index in [2.05, 4.69) is 25.6 Å². The van der Waals surface area contributed by atoms with Gasteiger partial charge < -0.3 is 27.0 Å². The SMILES string of the molecule is NC(=O)c1cc(F)c(NC2CCCCC2N)nc1Nc1ccc2nn(CCN3CCCC3)cc2c1. The molecule has 10 heteroatoms. The first-order valence-electron chi connectivity index (χ1n) is 12.5. The minimum atomic E-state index is -0.754. The molecular weight excluding hydrogens is 447 g/mol. The Bertz CT molecular complexity index is 1210. The van der Waals surface area contributed by atoms with Crippen molar-refractivity contribution in [2.75, 3.05) is 30.3 Å². The number of fused-ring (bicyclic) bond motifs is 1. The lowest BCUT2D eigenvalue weighted by Gasteiger charge is -2.30. The minimum Gasteiger partial charge on any atom is -0.365 e. The first-order valence-corrected chi connectivity index (χ1v) is 12.5. The second kappa shape index (κ2) is 10.2. The number of carbonyl (C=O) groups is 1. The van der Waals surface area contributed by atoms with Gasteiger partial charge in [0.15, 0.2) is 11.6 Å². The summed E-state index contributed by atoms with van der Waals surface area (Å²) >= 11 is 0. The smallest absolute Gasteiger partial charge is 0.252 e. The fourth-order valence-electron chi connectivity index (χ4n) is 5.04. The van der Waals surface area contributed by atoms with Gasteiger partial charge in [-0.3, -0.25) is 9.48 Å². The van der Waals surface area contributed by atoms with Crippen LogP contribution in [0.1, 0.15) is 48.9 Å². The molecule has 9 nitrogen and oxygen atoms in total. The second-order valence-electron chi connectivity index (χ2n) is 9.62. The lowest BCUT2D eigenvalue weighted by molar-refractivity contribution is 0.100. The molecule has 1 aliphatic carbocycles. The van der Waals surface area contributed by atoms with Crippen molar-refractivity contribution in [2.24, 2.45) is 11.5 Å². The van der Waals surface area contributed by atoms with E-state index < -0.39 is 11.7 Å². The van der Waals surface area contributed by atoms with Gasteiger partial charge in [-0.25, -0.2) is 9.37 Å². The van der Waals surface area contributed by atoms with Crippen molar-refractivity contribution in [3.63, 3.8) is 0 Å². The molecule has 3 heterocycles. The number of carbonyl (C=O) groups excluding carboxylic acids is 1. The molecule has 1 saturated heterocycles. The number of halogens is 1. The van der Waals surface area contributed by atoms with Gasteiger partial charge in [0.25, 0.3) is 5.91 Å². The van der Waals surface area contributed by atoms with Crippen LogP contribution in [0, 0.1) is 5.82 Å². The number of nitrogens with zero attached hydrogens (tertiary/aromatic N) is 4. The number of likely N-dealkylation sites (tertiary alicyclic amines) is 1. The topological polar surface area (TPSA) is 127 Å². The number of hydrogen-bond acceptors (Lipinski definition) is 7. The van der Waals surface area contributed by atoms with Crippen LogP contribution >= 0.6 is 0 Å². The van der Waals surface area contributed by atoms with Crippen LogP contribution in [0.5, 0.6) is 0 Å². The molecule has 1 amide bonds. The number of nitrogens with two attached hydrogens (primary N) is 2. The quantitative estimate of drug-likeness (QED) is 0.390. The maximum Gasteiger partial charge on any atom is 0.252 e. The minimum absolute atomic E-state index is 0.0117. The summed E-state index contributed by atoms with van der Waals surface area (Å²) in [7, 11) is 0. The van der Waals surface area contributed by atoms with Gasteiger partial charge >= 0.3 is 0 Å². The third kappa shape index (κ3) is 5.38. The molecule has 1 saturated carbocycles. The molecule has 2 fully saturated rings. The summed E-state index contributed by atoms with van der Waals surface area (Å²) in [4.78, 5) is 18.9. The van der Waals surface area contributed by atoms with Crippen molar-refractivity contribution in [3.05, 3.63) is 41.8 Å². The summed E-state index contributed by atoms with van der Waals surface area (Å²) < 4.78 is 16.8. The van der Waals surface area contributed by atoms with Crippen LogP contribution in [0.25, 0.3) is 10.9 Å². The van der Waals surface area contributed by atoms with Crippen LogP contribution in [0.15, 0.2) is 30.5 Å². The lowest BCUT2D eigenvalue weighted by Crippen LogP contribution is -2.43. The van der Waals surface area contributed by atoms with Crippen LogP contribution in [-0.2, 0) is 6.54 Å². The number of primary amides is 1. The average Bonchev–Trinajstić information content (AvgIpc) is 3.50. The first-order chi connectivity index (χ1) is 17.0. The Hall–Kier alpha value is -3.24. The highest BCUT2D eigenvalue weighted by molar-refractivity contribution is 5.99. The monoisotopic (exact) mass is 480 g/mol. The molecule has 0 bridgehead atoms. The maximum atomic E-state index is 14.8.